The summed E-state index contributed by atoms with van der Waals surface area (Å²) in [6.45, 7) is 7.57. The topological polar surface area (TPSA) is 87.5 Å². The van der Waals surface area contributed by atoms with Crippen molar-refractivity contribution in [3.63, 3.8) is 0 Å². The molecule has 11 heteroatoms. The SMILES string of the molecule is CC(C)C(C)c1ccc2c(c1)OC(F)(F)O2.O=C1CCCc2c1c(-c1ccnc(NS)c1)nn2C1COC1.[HH]. The Kier molecular flexibility index (Phi) is 7.32. The van der Waals surface area contributed by atoms with Gasteiger partial charge in [-0.05, 0) is 54.5 Å². The van der Waals surface area contributed by atoms with E-state index in [1.807, 2.05) is 16.8 Å². The number of nitrogens with one attached hydrogen (secondary N) is 1. The summed E-state index contributed by atoms with van der Waals surface area (Å²) in [5.41, 5.74) is 4.44. The second kappa shape index (κ2) is 10.5. The van der Waals surface area contributed by atoms with Gasteiger partial charge in [-0.2, -0.15) is 5.10 Å². The second-order valence-corrected chi connectivity index (χ2v) is 10.3. The van der Waals surface area contributed by atoms with E-state index in [4.69, 9.17) is 9.84 Å². The van der Waals surface area contributed by atoms with Crippen molar-refractivity contribution in [3.05, 3.63) is 53.3 Å². The number of carbonyl (C=O) groups excluding carboxylic acids is 1. The fraction of sp³-hybridized carbons (Fsp3) is 0.444. The van der Waals surface area contributed by atoms with Crippen LogP contribution in [0.2, 0.25) is 0 Å². The van der Waals surface area contributed by atoms with Crippen molar-refractivity contribution in [2.45, 2.75) is 58.3 Å². The lowest BCUT2D eigenvalue weighted by atomic mass is 9.90. The summed E-state index contributed by atoms with van der Waals surface area (Å²) < 4.78 is 44.3. The summed E-state index contributed by atoms with van der Waals surface area (Å²) in [7, 11) is 0. The van der Waals surface area contributed by atoms with Crippen LogP contribution >= 0.6 is 12.8 Å². The van der Waals surface area contributed by atoms with Crippen LogP contribution in [0.5, 0.6) is 11.5 Å². The van der Waals surface area contributed by atoms with Crippen LogP contribution in [0, 0.1) is 5.92 Å². The summed E-state index contributed by atoms with van der Waals surface area (Å²) >= 11 is 4.03. The quantitative estimate of drug-likeness (QED) is 0.363. The lowest BCUT2D eigenvalue weighted by molar-refractivity contribution is -0.286. The third-order valence-electron chi connectivity index (χ3n) is 7.17. The first-order valence-corrected chi connectivity index (χ1v) is 13.1. The molecule has 0 spiro atoms. The number of hydrogen-bond donors (Lipinski definition) is 2. The molecule has 3 aliphatic rings. The van der Waals surface area contributed by atoms with Crippen LogP contribution in [0.4, 0.5) is 14.6 Å². The molecule has 1 aliphatic carbocycles. The minimum Gasteiger partial charge on any atom is -0.395 e. The van der Waals surface area contributed by atoms with Gasteiger partial charge in [0, 0.05) is 19.6 Å². The van der Waals surface area contributed by atoms with Gasteiger partial charge in [-0.1, -0.05) is 39.7 Å². The molecular formula is C27H32F2N4O4S. The molecule has 1 saturated heterocycles. The van der Waals surface area contributed by atoms with Crippen LogP contribution < -0.4 is 14.2 Å². The predicted octanol–water partition coefficient (Wildman–Crippen LogP) is 6.31. The smallest absolute Gasteiger partial charge is 0.395 e. The number of carbonyl (C=O) groups is 1. The third-order valence-corrected chi connectivity index (χ3v) is 7.40. The molecule has 0 radical (unpaired) electrons. The van der Waals surface area contributed by atoms with E-state index in [2.05, 4.69) is 52.8 Å². The third kappa shape index (κ3) is 5.22. The van der Waals surface area contributed by atoms with E-state index in [1.165, 1.54) is 6.07 Å². The van der Waals surface area contributed by atoms with E-state index in [0.717, 1.165) is 40.9 Å². The number of halogens is 2. The van der Waals surface area contributed by atoms with Crippen molar-refractivity contribution in [2.75, 3.05) is 17.9 Å². The average molecular weight is 547 g/mol. The van der Waals surface area contributed by atoms with Gasteiger partial charge in [0.05, 0.1) is 30.5 Å². The standard InChI is InChI=1S/C15H16N4O2S.C12H14F2O2.H2/c20-12-3-1-2-11-14(12)15(17-19(11)10-7-21-8-10)9-4-5-16-13(6-9)18-22;1-7(2)8(3)9-4-5-10-11(6-9)16-12(13,14)15-10;/h4-6,10,22H,1-3,7-8H2,(H,16,18);4-8H,1-3H3;1H. The molecule has 6 rings (SSSR count). The highest BCUT2D eigenvalue weighted by Gasteiger charge is 2.43. The Morgan fingerprint density at radius 3 is 2.58 bits per heavy atom. The van der Waals surface area contributed by atoms with E-state index in [-0.39, 0.29) is 24.8 Å². The van der Waals surface area contributed by atoms with Crippen LogP contribution in [0.3, 0.4) is 0 Å². The molecule has 1 aromatic carbocycles. The van der Waals surface area contributed by atoms with Crippen molar-refractivity contribution in [3.8, 4) is 22.8 Å². The van der Waals surface area contributed by atoms with Crippen LogP contribution in [0.15, 0.2) is 36.5 Å². The number of Topliss-reactive ketones (excluding diaryl/α,β-unsaturated/α-hetero) is 1. The zero-order valence-electron chi connectivity index (χ0n) is 21.4. The number of nitrogens with zero attached hydrogens (tertiary/aromatic N) is 3. The van der Waals surface area contributed by atoms with Crippen molar-refractivity contribution >= 4 is 24.4 Å². The molecule has 3 aromatic rings. The Bertz CT molecular complexity index is 1350. The molecule has 1 atom stereocenters. The van der Waals surface area contributed by atoms with E-state index in [1.54, 1.807) is 18.3 Å². The van der Waals surface area contributed by atoms with Gasteiger partial charge < -0.3 is 18.9 Å². The van der Waals surface area contributed by atoms with Gasteiger partial charge in [0.1, 0.15) is 11.5 Å². The Morgan fingerprint density at radius 1 is 1.13 bits per heavy atom. The molecule has 4 heterocycles. The van der Waals surface area contributed by atoms with Crippen molar-refractivity contribution in [1.29, 1.82) is 0 Å². The molecule has 38 heavy (non-hydrogen) atoms. The van der Waals surface area contributed by atoms with Gasteiger partial charge in [0.2, 0.25) is 0 Å². The van der Waals surface area contributed by atoms with Crippen LogP contribution in [-0.2, 0) is 11.2 Å². The monoisotopic (exact) mass is 546 g/mol. The lowest BCUT2D eigenvalue weighted by Crippen LogP contribution is -2.33. The molecule has 0 saturated carbocycles. The number of pyridine rings is 1. The van der Waals surface area contributed by atoms with Crippen molar-refractivity contribution < 1.29 is 29.2 Å². The summed E-state index contributed by atoms with van der Waals surface area (Å²) in [6.07, 6.45) is 0.550. The molecule has 2 aromatic heterocycles. The fourth-order valence-electron chi connectivity index (χ4n) is 4.68. The zero-order chi connectivity index (χ0) is 27.0. The summed E-state index contributed by atoms with van der Waals surface area (Å²) in [6, 6.07) is 8.94. The first kappa shape index (κ1) is 26.4. The van der Waals surface area contributed by atoms with Crippen LogP contribution in [-0.4, -0.2) is 40.1 Å². The lowest BCUT2D eigenvalue weighted by Gasteiger charge is -2.28. The van der Waals surface area contributed by atoms with E-state index < -0.39 is 6.29 Å². The number of benzene rings is 1. The van der Waals surface area contributed by atoms with Crippen molar-refractivity contribution in [1.82, 2.24) is 14.8 Å². The number of rotatable bonds is 5. The van der Waals surface area contributed by atoms with E-state index in [0.29, 0.717) is 37.3 Å². The molecule has 204 valence electrons. The van der Waals surface area contributed by atoms with E-state index in [9.17, 15) is 13.6 Å². The average Bonchev–Trinajstić information content (AvgIpc) is 3.39. The van der Waals surface area contributed by atoms with Crippen molar-refractivity contribution in [2.24, 2.45) is 5.92 Å². The number of alkyl halides is 2. The Balaban J connectivity index is 0.000000186. The summed E-state index contributed by atoms with van der Waals surface area (Å²) in [5.74, 6) is 1.78. The highest BCUT2D eigenvalue weighted by molar-refractivity contribution is 7.81. The number of thiol groups is 1. The predicted molar refractivity (Wildman–Crippen MR) is 143 cm³/mol. The molecular weight excluding hydrogens is 514 g/mol. The van der Waals surface area contributed by atoms with Gasteiger partial charge in [-0.25, -0.2) is 4.98 Å². The second-order valence-electron chi connectivity index (χ2n) is 10.0. The number of aromatic nitrogens is 3. The molecule has 0 amide bonds. The van der Waals surface area contributed by atoms with Gasteiger partial charge in [0.25, 0.3) is 0 Å². The van der Waals surface area contributed by atoms with Crippen LogP contribution in [0.25, 0.3) is 11.3 Å². The number of anilines is 1. The number of ketones is 1. The highest BCUT2D eigenvalue weighted by Crippen LogP contribution is 2.43. The Hall–Kier alpha value is -3.18. The summed E-state index contributed by atoms with van der Waals surface area (Å²) in [5, 5.41) is 4.75. The summed E-state index contributed by atoms with van der Waals surface area (Å²) in [4.78, 5) is 16.6. The molecule has 8 nitrogen and oxygen atoms in total. The number of hydrogen-bond acceptors (Lipinski definition) is 8. The van der Waals surface area contributed by atoms with Gasteiger partial charge >= 0.3 is 6.29 Å². The molecule has 0 bridgehead atoms. The van der Waals surface area contributed by atoms with E-state index >= 15 is 0 Å². The Labute approximate surface area is 226 Å². The minimum absolute atomic E-state index is 0. The molecule has 1 unspecified atom stereocenters. The fourth-order valence-corrected chi connectivity index (χ4v) is 4.81. The molecule has 1 fully saturated rings. The normalized spacial score (nSPS) is 18.3. The maximum Gasteiger partial charge on any atom is 0.586 e. The van der Waals surface area contributed by atoms with Crippen LogP contribution in [0.1, 0.15) is 68.6 Å². The number of ether oxygens (including phenoxy) is 3. The van der Waals surface area contributed by atoms with Gasteiger partial charge in [0.15, 0.2) is 17.3 Å². The molecule has 1 N–H and O–H groups in total. The Morgan fingerprint density at radius 2 is 1.89 bits per heavy atom. The van der Waals surface area contributed by atoms with Gasteiger partial charge in [-0.3, -0.25) is 9.48 Å². The minimum atomic E-state index is -3.53. The first-order valence-electron chi connectivity index (χ1n) is 12.7. The molecule has 2 aliphatic heterocycles. The largest absolute Gasteiger partial charge is 0.586 e. The first-order chi connectivity index (χ1) is 18.2. The zero-order valence-corrected chi connectivity index (χ0v) is 22.3. The maximum absolute atomic E-state index is 12.8. The number of fused-ring (bicyclic) bond motifs is 2. The highest BCUT2D eigenvalue weighted by atomic mass is 32.1. The van der Waals surface area contributed by atoms with Gasteiger partial charge in [-0.15, -0.1) is 8.78 Å². The maximum atomic E-state index is 12.8.